The van der Waals surface area contributed by atoms with Crippen LogP contribution in [0.15, 0.2) is 201 Å². The third-order valence-electron chi connectivity index (χ3n) is 17.3. The molecule has 4 aromatic carbocycles. The molecule has 4 atom stereocenters. The van der Waals surface area contributed by atoms with Crippen LogP contribution in [0, 0.1) is 17.5 Å². The fourth-order valence-electron chi connectivity index (χ4n) is 13.0. The van der Waals surface area contributed by atoms with Crippen LogP contribution in [0.25, 0.3) is 90.1 Å². The number of hydrogen-bond donors (Lipinski definition) is 4. The first-order valence-electron chi connectivity index (χ1n) is 30.6. The van der Waals surface area contributed by atoms with Gasteiger partial charge >= 0.3 is 0 Å². The molecule has 0 saturated carbocycles. The molecule has 16 rings (SSSR count). The van der Waals surface area contributed by atoms with Crippen LogP contribution in [0.5, 0.6) is 0 Å². The molecule has 0 spiro atoms. The highest BCUT2D eigenvalue weighted by molar-refractivity contribution is 5.82. The van der Waals surface area contributed by atoms with Crippen molar-refractivity contribution in [2.75, 3.05) is 26.4 Å². The van der Waals surface area contributed by atoms with Gasteiger partial charge in [-0.2, -0.15) is 0 Å². The molecule has 12 aromatic rings. The first kappa shape index (κ1) is 59.9. The summed E-state index contributed by atoms with van der Waals surface area (Å²) < 4.78 is 48.4. The van der Waals surface area contributed by atoms with E-state index in [-0.39, 0.29) is 61.4 Å². The summed E-state index contributed by atoms with van der Waals surface area (Å²) in [5.41, 5.74) is 21.4. The Kier molecular flexibility index (Phi) is 17.7. The SMILES string of the molecule is NC[C@@H]1CCc2nc(-c3ccc(F)cc3)c(-c3ccncc3)n21.OC[C@@H]1CCc2nc(-c3ccc(F)cc3)c(-c3ccncc3)n21.OC[C@@H]1CCc2nc(-c3ccccc3)c(-c3ccncc3)n21.OC[C@H]1CCc2nc(-c3ccc(F)cc3)c(-c3ccncc3)n21. The smallest absolute Gasteiger partial charge is 0.123 e. The van der Waals surface area contributed by atoms with Crippen LogP contribution in [0.1, 0.15) is 73.1 Å². The monoisotopic (exact) mass is 1220 g/mol. The molecule has 19 heteroatoms. The summed E-state index contributed by atoms with van der Waals surface area (Å²) in [4.78, 5) is 35.6. The van der Waals surface area contributed by atoms with Crippen molar-refractivity contribution in [1.82, 2.24) is 58.1 Å². The molecule has 0 fully saturated rings. The number of rotatable bonds is 12. The second kappa shape index (κ2) is 27.0. The Hall–Kier alpha value is -10.1. The minimum absolute atomic E-state index is 0.0369. The van der Waals surface area contributed by atoms with Gasteiger partial charge in [0.15, 0.2) is 0 Å². The third kappa shape index (κ3) is 12.2. The first-order chi connectivity index (χ1) is 44.7. The van der Waals surface area contributed by atoms with E-state index in [2.05, 4.69) is 50.3 Å². The standard InChI is InChI=1S/C18H17FN4.2C18H16FN3O.C18H17N3O/c19-14-3-1-12(2-4-14)17-18(13-7-9-21-10-8-13)23-15(11-20)5-6-16(23)22-17;2*19-14-3-1-12(2-4-14)17-18(13-7-9-20-10-8-13)22-15(11-23)5-6-16(22)21-17;22-12-15-6-7-16-20-17(13-4-2-1-3-5-13)18(21(15)16)14-8-10-19-11-9-14/h1-4,7-10,15H,5-6,11,20H2;2*1-4,7-10,15,23H,5-6,11H2;1-5,8-11,15,22H,6-7,12H2/t4*15-/m0100/s1. The number of aromatic nitrogens is 12. The largest absolute Gasteiger partial charge is 0.394 e. The number of nitrogens with two attached hydrogens (primary N) is 1. The van der Waals surface area contributed by atoms with Gasteiger partial charge in [0, 0.05) is 132 Å². The lowest BCUT2D eigenvalue weighted by molar-refractivity contribution is 0.234. The number of pyridine rings is 4. The number of aliphatic hydroxyl groups is 3. The quantitative estimate of drug-likeness (QED) is 0.0900. The third-order valence-corrected chi connectivity index (χ3v) is 17.3. The highest BCUT2D eigenvalue weighted by Gasteiger charge is 2.34. The lowest BCUT2D eigenvalue weighted by Gasteiger charge is -2.15. The number of benzene rings is 4. The van der Waals surface area contributed by atoms with Crippen molar-refractivity contribution in [3.8, 4) is 90.1 Å². The number of nitrogens with zero attached hydrogens (tertiary/aromatic N) is 12. The number of fused-ring (bicyclic) bond motifs is 4. The summed E-state index contributed by atoms with van der Waals surface area (Å²) in [6, 6.07) is 45.6. The topological polar surface area (TPSA) is 210 Å². The normalized spacial score (nSPS) is 16.6. The lowest BCUT2D eigenvalue weighted by Crippen LogP contribution is -2.16. The molecular formula is C72H66F3N13O3. The molecule has 0 bridgehead atoms. The van der Waals surface area contributed by atoms with Crippen molar-refractivity contribution in [3.05, 3.63) is 242 Å². The molecule has 0 unspecified atom stereocenters. The minimum atomic E-state index is -0.265. The Morgan fingerprint density at radius 1 is 0.319 bits per heavy atom. The van der Waals surface area contributed by atoms with Crippen LogP contribution in [-0.4, -0.2) is 99.8 Å². The van der Waals surface area contributed by atoms with Crippen molar-refractivity contribution in [1.29, 1.82) is 0 Å². The van der Waals surface area contributed by atoms with Gasteiger partial charge in [-0.25, -0.2) is 33.1 Å². The number of imidazole rings is 4. The Labute approximate surface area is 524 Å². The van der Waals surface area contributed by atoms with Gasteiger partial charge in [0.05, 0.1) is 83.5 Å². The van der Waals surface area contributed by atoms with Crippen molar-refractivity contribution < 1.29 is 28.5 Å². The Bertz CT molecular complexity index is 4060. The van der Waals surface area contributed by atoms with Crippen molar-refractivity contribution in [2.45, 2.75) is 75.5 Å². The molecule has 0 saturated heterocycles. The Balaban J connectivity index is 0.000000111. The first-order valence-corrected chi connectivity index (χ1v) is 30.6. The second-order valence-electron chi connectivity index (χ2n) is 22.8. The van der Waals surface area contributed by atoms with Gasteiger partial charge in [-0.05, 0) is 147 Å². The second-order valence-corrected chi connectivity index (χ2v) is 22.8. The van der Waals surface area contributed by atoms with E-state index >= 15 is 0 Å². The van der Waals surface area contributed by atoms with Gasteiger partial charge in [0.2, 0.25) is 0 Å². The number of hydrogen-bond acceptors (Lipinski definition) is 12. The maximum Gasteiger partial charge on any atom is 0.123 e. The maximum absolute atomic E-state index is 13.3. The summed E-state index contributed by atoms with van der Waals surface area (Å²) in [5.74, 6) is 3.27. The molecule has 458 valence electrons. The van der Waals surface area contributed by atoms with Gasteiger partial charge in [0.25, 0.3) is 0 Å². The van der Waals surface area contributed by atoms with Gasteiger partial charge < -0.3 is 39.3 Å². The molecule has 0 radical (unpaired) electrons. The fourth-order valence-corrected chi connectivity index (χ4v) is 13.0. The molecule has 8 aromatic heterocycles. The van der Waals surface area contributed by atoms with E-state index in [1.165, 1.54) is 36.4 Å². The Morgan fingerprint density at radius 2 is 0.560 bits per heavy atom. The van der Waals surface area contributed by atoms with E-state index in [0.29, 0.717) is 6.54 Å². The van der Waals surface area contributed by atoms with E-state index in [0.717, 1.165) is 165 Å². The summed E-state index contributed by atoms with van der Waals surface area (Å²) in [5, 5.41) is 29.1. The average Bonchev–Trinajstić information content (AvgIpc) is 1.66. The van der Waals surface area contributed by atoms with Gasteiger partial charge in [-0.15, -0.1) is 0 Å². The fraction of sp³-hybridized carbons (Fsp3) is 0.222. The lowest BCUT2D eigenvalue weighted by atomic mass is 10.0. The zero-order valence-electron chi connectivity index (χ0n) is 49.8. The highest BCUT2D eigenvalue weighted by Crippen LogP contribution is 2.44. The zero-order valence-corrected chi connectivity index (χ0v) is 49.8. The van der Waals surface area contributed by atoms with E-state index in [4.69, 9.17) is 25.7 Å². The maximum atomic E-state index is 13.3. The van der Waals surface area contributed by atoms with Crippen molar-refractivity contribution in [2.24, 2.45) is 5.73 Å². The van der Waals surface area contributed by atoms with Crippen molar-refractivity contribution in [3.63, 3.8) is 0 Å². The summed E-state index contributed by atoms with van der Waals surface area (Å²) in [6.45, 7) is 0.911. The predicted molar refractivity (Wildman–Crippen MR) is 343 cm³/mol. The average molecular weight is 1220 g/mol. The molecule has 4 aliphatic rings. The number of halogens is 3. The number of aryl methyl sites for hydroxylation is 4. The van der Waals surface area contributed by atoms with E-state index < -0.39 is 0 Å². The zero-order chi connectivity index (χ0) is 62.4. The summed E-state index contributed by atoms with van der Waals surface area (Å²) in [6.07, 6.45) is 21.4. The van der Waals surface area contributed by atoms with E-state index in [9.17, 15) is 28.5 Å². The summed E-state index contributed by atoms with van der Waals surface area (Å²) in [7, 11) is 0. The predicted octanol–water partition coefficient (Wildman–Crippen LogP) is 12.8. The molecule has 0 amide bonds. The van der Waals surface area contributed by atoms with Gasteiger partial charge in [-0.3, -0.25) is 19.9 Å². The van der Waals surface area contributed by atoms with Crippen LogP contribution in [0.4, 0.5) is 13.2 Å². The van der Waals surface area contributed by atoms with Gasteiger partial charge in [-0.1, -0.05) is 30.3 Å². The van der Waals surface area contributed by atoms with Crippen LogP contribution < -0.4 is 5.73 Å². The van der Waals surface area contributed by atoms with Crippen LogP contribution in [-0.2, 0) is 25.7 Å². The molecule has 16 nitrogen and oxygen atoms in total. The molecule has 12 heterocycles. The molecule has 91 heavy (non-hydrogen) atoms. The number of aliphatic hydroxyl groups excluding tert-OH is 3. The van der Waals surface area contributed by atoms with Gasteiger partial charge in [0.1, 0.15) is 40.7 Å². The van der Waals surface area contributed by atoms with E-state index in [1.807, 2.05) is 66.7 Å². The molecule has 5 N–H and O–H groups in total. The molecular weight excluding hydrogens is 1150 g/mol. The minimum Gasteiger partial charge on any atom is -0.394 e. The highest BCUT2D eigenvalue weighted by atomic mass is 19.1. The van der Waals surface area contributed by atoms with E-state index in [1.54, 1.807) is 86.0 Å². The van der Waals surface area contributed by atoms with Crippen LogP contribution in [0.2, 0.25) is 0 Å². The summed E-state index contributed by atoms with van der Waals surface area (Å²) >= 11 is 0. The van der Waals surface area contributed by atoms with Crippen LogP contribution in [0.3, 0.4) is 0 Å². The molecule has 0 aliphatic carbocycles. The van der Waals surface area contributed by atoms with Crippen molar-refractivity contribution >= 4 is 0 Å². The Morgan fingerprint density at radius 3 is 0.813 bits per heavy atom. The molecule has 4 aliphatic heterocycles. The van der Waals surface area contributed by atoms with Crippen LogP contribution >= 0.6 is 0 Å².